The second-order valence-electron chi connectivity index (χ2n) is 4.54. The van der Waals surface area contributed by atoms with Crippen LogP contribution in [0.3, 0.4) is 0 Å². The van der Waals surface area contributed by atoms with Crippen molar-refractivity contribution in [3.05, 3.63) is 45.9 Å². The summed E-state index contributed by atoms with van der Waals surface area (Å²) in [5.74, 6) is 0.531. The number of nitrogen functional groups attached to an aromatic ring is 1. The zero-order valence-electron chi connectivity index (χ0n) is 10.7. The van der Waals surface area contributed by atoms with Crippen molar-refractivity contribution in [2.24, 2.45) is 0 Å². The zero-order chi connectivity index (χ0) is 15.0. The number of pyridine rings is 1. The number of nitrogens with zero attached hydrogens (tertiary/aromatic N) is 1. The summed E-state index contributed by atoms with van der Waals surface area (Å²) in [6.07, 6.45) is 1.73. The molecule has 1 aromatic carbocycles. The third-order valence-corrected chi connectivity index (χ3v) is 5.69. The van der Waals surface area contributed by atoms with Crippen LogP contribution in [-0.4, -0.2) is 13.4 Å². The van der Waals surface area contributed by atoms with Gasteiger partial charge in [-0.15, -0.1) is 11.3 Å². The van der Waals surface area contributed by atoms with Gasteiger partial charge in [0.2, 0.25) is 0 Å². The molecule has 3 aromatic rings. The van der Waals surface area contributed by atoms with Crippen LogP contribution in [0, 0.1) is 0 Å². The van der Waals surface area contributed by atoms with Gasteiger partial charge in [-0.3, -0.25) is 0 Å². The fourth-order valence-electron chi connectivity index (χ4n) is 2.22. The second-order valence-corrected chi connectivity index (χ2v) is 7.25. The molecule has 108 valence electrons. The van der Waals surface area contributed by atoms with Gasteiger partial charge in [0, 0.05) is 31.7 Å². The molecule has 0 aliphatic carbocycles. The summed E-state index contributed by atoms with van der Waals surface area (Å²) in [6.45, 7) is 0. The SMILES string of the molecule is Nc1ncc(-c2cccc(C[SH](=O)=O)c2)c2scc(Br)c12. The normalized spacial score (nSPS) is 11.3. The molecule has 0 amide bonds. The average Bonchev–Trinajstić information content (AvgIpc) is 2.82. The molecule has 7 heteroatoms. The molecule has 4 nitrogen and oxygen atoms in total. The van der Waals surface area contributed by atoms with Crippen LogP contribution in [0.25, 0.3) is 21.2 Å². The molecule has 2 heterocycles. The molecule has 0 aliphatic heterocycles. The first-order chi connectivity index (χ1) is 10.1. The van der Waals surface area contributed by atoms with E-state index in [1.165, 1.54) is 0 Å². The first-order valence-electron chi connectivity index (χ1n) is 6.08. The largest absolute Gasteiger partial charge is 0.383 e. The molecular formula is C14H11BrN2O2S2. The van der Waals surface area contributed by atoms with Crippen molar-refractivity contribution < 1.29 is 8.42 Å². The molecule has 0 aliphatic rings. The van der Waals surface area contributed by atoms with Crippen molar-refractivity contribution in [2.45, 2.75) is 5.75 Å². The van der Waals surface area contributed by atoms with Gasteiger partial charge in [-0.25, -0.2) is 13.4 Å². The number of hydrogen-bond acceptors (Lipinski definition) is 5. The number of benzene rings is 1. The Morgan fingerprint density at radius 1 is 1.33 bits per heavy atom. The van der Waals surface area contributed by atoms with Gasteiger partial charge in [-0.1, -0.05) is 24.3 Å². The van der Waals surface area contributed by atoms with Crippen LogP contribution in [0.4, 0.5) is 5.82 Å². The van der Waals surface area contributed by atoms with Crippen LogP contribution in [0.2, 0.25) is 0 Å². The predicted molar refractivity (Wildman–Crippen MR) is 91.2 cm³/mol. The number of aromatic nitrogens is 1. The van der Waals surface area contributed by atoms with Crippen LogP contribution in [0.15, 0.2) is 40.3 Å². The summed E-state index contributed by atoms with van der Waals surface area (Å²) < 4.78 is 23.7. The number of hydrogen-bond donors (Lipinski definition) is 2. The van der Waals surface area contributed by atoms with E-state index in [0.29, 0.717) is 5.82 Å². The standard InChI is InChI=1S/C14H11BrN2O2S2/c15-11-6-20-13-10(5-17-14(16)12(11)13)9-3-1-2-8(4-9)7-21(18)19/h1-6,21H,7H2,(H2,16,17). The van der Waals surface area contributed by atoms with Crippen LogP contribution in [0.1, 0.15) is 5.56 Å². The molecule has 0 spiro atoms. The average molecular weight is 383 g/mol. The van der Waals surface area contributed by atoms with Crippen molar-refractivity contribution in [3.63, 3.8) is 0 Å². The Labute approximate surface area is 135 Å². The number of nitrogens with two attached hydrogens (primary N) is 1. The molecule has 3 rings (SSSR count). The van der Waals surface area contributed by atoms with Crippen molar-refractivity contribution >= 4 is 53.9 Å². The van der Waals surface area contributed by atoms with Crippen molar-refractivity contribution in [1.29, 1.82) is 0 Å². The maximum absolute atomic E-state index is 10.9. The third kappa shape index (κ3) is 2.81. The molecule has 0 unspecified atom stereocenters. The maximum Gasteiger partial charge on any atom is 0.144 e. The highest BCUT2D eigenvalue weighted by molar-refractivity contribution is 9.10. The summed E-state index contributed by atoms with van der Waals surface area (Å²) in [5, 5.41) is 2.88. The molecule has 0 bridgehead atoms. The monoisotopic (exact) mass is 382 g/mol. The number of rotatable bonds is 3. The van der Waals surface area contributed by atoms with Crippen LogP contribution in [0.5, 0.6) is 0 Å². The van der Waals surface area contributed by atoms with Gasteiger partial charge in [0.25, 0.3) is 0 Å². The van der Waals surface area contributed by atoms with E-state index in [1.54, 1.807) is 23.6 Å². The number of anilines is 1. The number of halogens is 1. The van der Waals surface area contributed by atoms with Crippen molar-refractivity contribution in [1.82, 2.24) is 4.98 Å². The van der Waals surface area contributed by atoms with E-state index in [0.717, 1.165) is 31.2 Å². The van der Waals surface area contributed by atoms with Gasteiger partial charge in [0.05, 0.1) is 5.75 Å². The molecule has 0 fully saturated rings. The quantitative estimate of drug-likeness (QED) is 0.680. The smallest absolute Gasteiger partial charge is 0.144 e. The predicted octanol–water partition coefficient (Wildman–Crippen LogP) is 3.42. The summed E-state index contributed by atoms with van der Waals surface area (Å²) in [4.78, 5) is 4.24. The molecule has 0 saturated heterocycles. The van der Waals surface area contributed by atoms with Gasteiger partial charge in [0.15, 0.2) is 0 Å². The Morgan fingerprint density at radius 3 is 2.90 bits per heavy atom. The highest BCUT2D eigenvalue weighted by Crippen LogP contribution is 2.39. The third-order valence-electron chi connectivity index (χ3n) is 3.13. The molecular weight excluding hydrogens is 372 g/mol. The van der Waals surface area contributed by atoms with Crippen molar-refractivity contribution in [3.8, 4) is 11.1 Å². The van der Waals surface area contributed by atoms with Gasteiger partial charge < -0.3 is 5.73 Å². The number of thiophene rings is 1. The first-order valence-corrected chi connectivity index (χ1v) is 9.12. The lowest BCUT2D eigenvalue weighted by molar-refractivity contribution is 0.614. The molecule has 0 saturated carbocycles. The Balaban J connectivity index is 2.19. The maximum atomic E-state index is 10.9. The van der Waals surface area contributed by atoms with Crippen LogP contribution < -0.4 is 5.73 Å². The van der Waals surface area contributed by atoms with E-state index in [1.807, 2.05) is 23.6 Å². The lowest BCUT2D eigenvalue weighted by Crippen LogP contribution is -1.92. The lowest BCUT2D eigenvalue weighted by atomic mass is 10.0. The van der Waals surface area contributed by atoms with Gasteiger partial charge in [-0.05, 0) is 27.1 Å². The summed E-state index contributed by atoms with van der Waals surface area (Å²) >= 11 is 5.07. The molecule has 2 aromatic heterocycles. The molecule has 21 heavy (non-hydrogen) atoms. The van der Waals surface area contributed by atoms with Crippen LogP contribution >= 0.6 is 27.3 Å². The molecule has 2 N–H and O–H groups in total. The van der Waals surface area contributed by atoms with Gasteiger partial charge in [-0.2, -0.15) is 0 Å². The highest BCUT2D eigenvalue weighted by atomic mass is 79.9. The van der Waals surface area contributed by atoms with E-state index in [-0.39, 0.29) is 5.75 Å². The number of thiol groups is 1. The van der Waals surface area contributed by atoms with Crippen molar-refractivity contribution in [2.75, 3.05) is 5.73 Å². The zero-order valence-corrected chi connectivity index (χ0v) is 14.0. The van der Waals surface area contributed by atoms with Gasteiger partial charge in [0.1, 0.15) is 16.5 Å². The Kier molecular flexibility index (Phi) is 3.97. The minimum atomic E-state index is -2.43. The molecule has 0 radical (unpaired) electrons. The molecule has 0 atom stereocenters. The topological polar surface area (TPSA) is 73.0 Å². The summed E-state index contributed by atoms with van der Waals surface area (Å²) in [5.41, 5.74) is 8.59. The first kappa shape index (κ1) is 14.5. The minimum absolute atomic E-state index is 0.0445. The summed E-state index contributed by atoms with van der Waals surface area (Å²) in [7, 11) is -2.43. The second kappa shape index (κ2) is 5.75. The fourth-order valence-corrected chi connectivity index (χ4v) is 4.50. The van der Waals surface area contributed by atoms with Crippen LogP contribution in [-0.2, 0) is 16.5 Å². The lowest BCUT2D eigenvalue weighted by Gasteiger charge is -2.06. The Bertz CT molecular complexity index is 895. The number of fused-ring (bicyclic) bond motifs is 1. The summed E-state index contributed by atoms with van der Waals surface area (Å²) in [6, 6.07) is 7.49. The Hall–Kier alpha value is -1.44. The van der Waals surface area contributed by atoms with E-state index in [9.17, 15) is 8.42 Å². The van der Waals surface area contributed by atoms with Gasteiger partial charge >= 0.3 is 0 Å². The van der Waals surface area contributed by atoms with E-state index < -0.39 is 10.7 Å². The Morgan fingerprint density at radius 2 is 2.14 bits per heavy atom. The fraction of sp³-hybridized carbons (Fsp3) is 0.0714. The minimum Gasteiger partial charge on any atom is -0.383 e. The highest BCUT2D eigenvalue weighted by Gasteiger charge is 2.12. The van der Waals surface area contributed by atoms with E-state index in [2.05, 4.69) is 20.9 Å². The van der Waals surface area contributed by atoms with E-state index in [4.69, 9.17) is 5.73 Å². The van der Waals surface area contributed by atoms with E-state index >= 15 is 0 Å².